The lowest BCUT2D eigenvalue weighted by Crippen LogP contribution is -2.35. The molecule has 1 heterocycles. The molecule has 5 nitrogen and oxygen atoms in total. The minimum atomic E-state index is -4.47. The number of hydrogen-bond acceptors (Lipinski definition) is 4. The van der Waals surface area contributed by atoms with Crippen LogP contribution in [0, 0.1) is 0 Å². The van der Waals surface area contributed by atoms with Crippen LogP contribution in [0.3, 0.4) is 0 Å². The van der Waals surface area contributed by atoms with E-state index in [1.807, 2.05) is 0 Å². The molecule has 1 rings (SSSR count). The van der Waals surface area contributed by atoms with E-state index in [-0.39, 0.29) is 17.5 Å². The minimum absolute atomic E-state index is 0.00752. The number of likely N-dealkylation sites (N-methyl/N-ethyl adjacent to an activating group) is 1. The van der Waals surface area contributed by atoms with E-state index >= 15 is 0 Å². The molecule has 0 aliphatic heterocycles. The van der Waals surface area contributed by atoms with E-state index in [0.717, 1.165) is 12.1 Å². The fraction of sp³-hybridized carbons (Fsp3) is 0.500. The zero-order valence-electron chi connectivity index (χ0n) is 11.4. The quantitative estimate of drug-likeness (QED) is 0.777. The third kappa shape index (κ3) is 4.29. The summed E-state index contributed by atoms with van der Waals surface area (Å²) in [5.41, 5.74) is -0.824. The van der Waals surface area contributed by atoms with Gasteiger partial charge in [0.05, 0.1) is 5.56 Å². The van der Waals surface area contributed by atoms with Crippen LogP contribution in [0.15, 0.2) is 12.1 Å². The van der Waals surface area contributed by atoms with Gasteiger partial charge in [0.25, 0.3) is 0 Å². The maximum absolute atomic E-state index is 12.8. The molecule has 0 aromatic carbocycles. The highest BCUT2D eigenvalue weighted by Crippen LogP contribution is 2.32. The van der Waals surface area contributed by atoms with Gasteiger partial charge in [-0.25, -0.2) is 4.98 Å². The molecule has 1 atom stereocenters. The first-order valence-corrected chi connectivity index (χ1v) is 6.09. The average molecular weight is 290 g/mol. The van der Waals surface area contributed by atoms with Gasteiger partial charge in [-0.3, -0.25) is 4.79 Å². The lowest BCUT2D eigenvalue weighted by molar-refractivity contribution is -0.137. The highest BCUT2D eigenvalue weighted by molar-refractivity contribution is 5.83. The van der Waals surface area contributed by atoms with Crippen LogP contribution >= 0.6 is 0 Å². The predicted molar refractivity (Wildman–Crippen MR) is 70.6 cm³/mol. The van der Waals surface area contributed by atoms with Crippen molar-refractivity contribution in [3.05, 3.63) is 17.7 Å². The van der Waals surface area contributed by atoms with Gasteiger partial charge in [-0.1, -0.05) is 0 Å². The largest absolute Gasteiger partial charge is 0.416 e. The van der Waals surface area contributed by atoms with Crippen molar-refractivity contribution < 1.29 is 18.0 Å². The molecule has 0 fully saturated rings. The minimum Gasteiger partial charge on any atom is -0.370 e. The maximum Gasteiger partial charge on any atom is 0.416 e. The Kier molecular flexibility index (Phi) is 5.18. The molecule has 1 aromatic heterocycles. The average Bonchev–Trinajstić information content (AvgIpc) is 2.36. The maximum atomic E-state index is 12.8. The summed E-state index contributed by atoms with van der Waals surface area (Å²) < 4.78 is 38.4. The molecule has 8 heteroatoms. The Labute approximate surface area is 115 Å². The van der Waals surface area contributed by atoms with Gasteiger partial charge in [-0.2, -0.15) is 13.2 Å². The lowest BCUT2D eigenvalue weighted by atomic mass is 10.2. The van der Waals surface area contributed by atoms with E-state index in [9.17, 15) is 18.0 Å². The summed E-state index contributed by atoms with van der Waals surface area (Å²) >= 11 is 0. The highest BCUT2D eigenvalue weighted by Gasteiger charge is 2.32. The molecule has 0 aliphatic carbocycles. The second-order valence-corrected chi connectivity index (χ2v) is 4.13. The molecule has 112 valence electrons. The Morgan fingerprint density at radius 1 is 1.35 bits per heavy atom. The van der Waals surface area contributed by atoms with Crippen molar-refractivity contribution in [1.29, 1.82) is 0 Å². The predicted octanol–water partition coefficient (Wildman–Crippen LogP) is 2.08. The van der Waals surface area contributed by atoms with Crippen LogP contribution in [0.5, 0.6) is 0 Å². The number of hydrogen-bond donors (Lipinski definition) is 3. The number of rotatable bonds is 5. The molecule has 0 saturated carbocycles. The van der Waals surface area contributed by atoms with Gasteiger partial charge in [0, 0.05) is 13.6 Å². The first kappa shape index (κ1) is 16.1. The Morgan fingerprint density at radius 3 is 2.45 bits per heavy atom. The third-order valence-corrected chi connectivity index (χ3v) is 2.51. The number of amides is 1. The first-order chi connectivity index (χ1) is 9.27. The van der Waals surface area contributed by atoms with Gasteiger partial charge >= 0.3 is 6.18 Å². The summed E-state index contributed by atoms with van der Waals surface area (Å²) in [7, 11) is 1.45. The van der Waals surface area contributed by atoms with Crippen LogP contribution in [-0.2, 0) is 11.0 Å². The normalized spacial score (nSPS) is 12.7. The number of nitrogens with one attached hydrogen (secondary N) is 3. The standard InChI is InChI=1S/C12H17F3N4O/c1-4-17-9-5-8(12(13,14)15)6-10(19-9)18-7(2)11(20)16-3/h5-7H,4H2,1-3H3,(H,16,20)(H2,17,18,19). The van der Waals surface area contributed by atoms with Crippen molar-refractivity contribution in [3.8, 4) is 0 Å². The summed E-state index contributed by atoms with van der Waals surface area (Å²) in [6, 6.07) is 1.12. The number of nitrogens with zero attached hydrogens (tertiary/aromatic N) is 1. The molecule has 1 amide bonds. The summed E-state index contributed by atoms with van der Waals surface area (Å²) in [6.45, 7) is 3.73. The van der Waals surface area contributed by atoms with Gasteiger partial charge in [0.1, 0.15) is 17.7 Å². The number of carbonyl (C=O) groups excluding carboxylic acids is 1. The van der Waals surface area contributed by atoms with Gasteiger partial charge in [-0.15, -0.1) is 0 Å². The molecule has 3 N–H and O–H groups in total. The smallest absolute Gasteiger partial charge is 0.370 e. The van der Waals surface area contributed by atoms with Crippen LogP contribution in [0.4, 0.5) is 24.8 Å². The van der Waals surface area contributed by atoms with Crippen molar-refractivity contribution in [2.75, 3.05) is 24.2 Å². The van der Waals surface area contributed by atoms with E-state index in [1.54, 1.807) is 6.92 Å². The second kappa shape index (κ2) is 6.44. The Morgan fingerprint density at radius 2 is 1.95 bits per heavy atom. The van der Waals surface area contributed by atoms with Gasteiger partial charge < -0.3 is 16.0 Å². The SMILES string of the molecule is CCNc1cc(C(F)(F)F)cc(NC(C)C(=O)NC)n1. The number of carbonyl (C=O) groups is 1. The monoisotopic (exact) mass is 290 g/mol. The topological polar surface area (TPSA) is 66.0 Å². The van der Waals surface area contributed by atoms with Crippen molar-refractivity contribution in [1.82, 2.24) is 10.3 Å². The first-order valence-electron chi connectivity index (χ1n) is 6.09. The zero-order chi connectivity index (χ0) is 15.3. The highest BCUT2D eigenvalue weighted by atomic mass is 19.4. The summed E-state index contributed by atoms with van der Waals surface area (Å²) in [6.07, 6.45) is -4.47. The molecular formula is C12H17F3N4O. The summed E-state index contributed by atoms with van der Waals surface area (Å²) in [5.74, 6) is -0.241. The molecule has 1 aromatic rings. The number of anilines is 2. The second-order valence-electron chi connectivity index (χ2n) is 4.13. The van der Waals surface area contributed by atoms with E-state index in [2.05, 4.69) is 20.9 Å². The van der Waals surface area contributed by atoms with Gasteiger partial charge in [-0.05, 0) is 26.0 Å². The van der Waals surface area contributed by atoms with Crippen LogP contribution in [0.2, 0.25) is 0 Å². The Bertz CT molecular complexity index is 476. The van der Waals surface area contributed by atoms with Crippen molar-refractivity contribution in [2.24, 2.45) is 0 Å². The van der Waals surface area contributed by atoms with Crippen molar-refractivity contribution in [3.63, 3.8) is 0 Å². The van der Waals surface area contributed by atoms with Crippen molar-refractivity contribution in [2.45, 2.75) is 26.1 Å². The third-order valence-electron chi connectivity index (χ3n) is 2.51. The van der Waals surface area contributed by atoms with Crippen LogP contribution in [0.1, 0.15) is 19.4 Å². The molecule has 0 radical (unpaired) electrons. The van der Waals surface area contributed by atoms with E-state index in [4.69, 9.17) is 0 Å². The number of alkyl halides is 3. The Balaban J connectivity index is 3.06. The van der Waals surface area contributed by atoms with E-state index in [1.165, 1.54) is 14.0 Å². The van der Waals surface area contributed by atoms with Gasteiger partial charge in [0.2, 0.25) is 5.91 Å². The van der Waals surface area contributed by atoms with Crippen LogP contribution in [0.25, 0.3) is 0 Å². The van der Waals surface area contributed by atoms with Crippen molar-refractivity contribution >= 4 is 17.5 Å². The van der Waals surface area contributed by atoms with E-state index < -0.39 is 17.8 Å². The molecule has 0 spiro atoms. The van der Waals surface area contributed by atoms with Crippen LogP contribution in [-0.4, -0.2) is 30.5 Å². The lowest BCUT2D eigenvalue weighted by Gasteiger charge is -2.16. The summed E-state index contributed by atoms with van der Waals surface area (Å²) in [5, 5.41) is 7.77. The fourth-order valence-corrected chi connectivity index (χ4v) is 1.54. The fourth-order valence-electron chi connectivity index (χ4n) is 1.54. The number of aromatic nitrogens is 1. The molecule has 20 heavy (non-hydrogen) atoms. The summed E-state index contributed by atoms with van der Waals surface area (Å²) in [4.78, 5) is 15.4. The molecule has 0 aliphatic rings. The number of pyridine rings is 1. The van der Waals surface area contributed by atoms with E-state index in [0.29, 0.717) is 6.54 Å². The van der Waals surface area contributed by atoms with Gasteiger partial charge in [0.15, 0.2) is 0 Å². The molecule has 0 saturated heterocycles. The molecular weight excluding hydrogens is 273 g/mol. The number of halogens is 3. The Hall–Kier alpha value is -1.99. The molecule has 1 unspecified atom stereocenters. The zero-order valence-corrected chi connectivity index (χ0v) is 11.4. The van der Waals surface area contributed by atoms with Crippen LogP contribution < -0.4 is 16.0 Å². The molecule has 0 bridgehead atoms.